The minimum absolute atomic E-state index is 0.0252. The van der Waals surface area contributed by atoms with E-state index >= 15 is 0 Å². The van der Waals surface area contributed by atoms with Crippen molar-refractivity contribution in [3.8, 4) is 0 Å². The second-order valence-corrected chi connectivity index (χ2v) is 6.94. The number of likely N-dealkylation sites (N-methyl/N-ethyl adjacent to an activating group) is 1. The van der Waals surface area contributed by atoms with E-state index in [4.69, 9.17) is 0 Å². The van der Waals surface area contributed by atoms with Crippen molar-refractivity contribution in [1.82, 2.24) is 9.80 Å². The van der Waals surface area contributed by atoms with Crippen molar-refractivity contribution in [3.05, 3.63) is 65.5 Å². The van der Waals surface area contributed by atoms with E-state index in [0.717, 1.165) is 26.2 Å². The van der Waals surface area contributed by atoms with Gasteiger partial charge < -0.3 is 9.80 Å². The van der Waals surface area contributed by atoms with E-state index in [1.165, 1.54) is 17.3 Å². The molecular weight excluding hydrogens is 329 g/mol. The fourth-order valence-corrected chi connectivity index (χ4v) is 3.27. The van der Waals surface area contributed by atoms with Crippen LogP contribution in [-0.4, -0.2) is 55.5 Å². The third-order valence-electron chi connectivity index (χ3n) is 4.89. The van der Waals surface area contributed by atoms with E-state index in [1.54, 1.807) is 30.1 Å². The van der Waals surface area contributed by atoms with Gasteiger partial charge in [-0.25, -0.2) is 4.39 Å². The molecule has 1 amide bonds. The van der Waals surface area contributed by atoms with E-state index < -0.39 is 0 Å². The van der Waals surface area contributed by atoms with Crippen LogP contribution in [0, 0.1) is 12.7 Å². The second kappa shape index (κ2) is 8.32. The van der Waals surface area contributed by atoms with Gasteiger partial charge in [0.1, 0.15) is 5.82 Å². The van der Waals surface area contributed by atoms with Crippen molar-refractivity contribution in [2.24, 2.45) is 0 Å². The Labute approximate surface area is 154 Å². The van der Waals surface area contributed by atoms with Crippen LogP contribution in [-0.2, 0) is 11.3 Å². The Morgan fingerprint density at radius 1 is 1.08 bits per heavy atom. The monoisotopic (exact) mass is 355 g/mol. The van der Waals surface area contributed by atoms with Crippen molar-refractivity contribution in [2.45, 2.75) is 13.5 Å². The molecule has 0 atom stereocenters. The molecule has 138 valence electrons. The first-order chi connectivity index (χ1) is 12.5. The molecule has 5 heteroatoms. The molecule has 0 radical (unpaired) electrons. The normalized spacial score (nSPS) is 15.1. The van der Waals surface area contributed by atoms with Crippen molar-refractivity contribution < 1.29 is 9.18 Å². The van der Waals surface area contributed by atoms with Crippen molar-refractivity contribution >= 4 is 11.6 Å². The maximum atomic E-state index is 13.8. The summed E-state index contributed by atoms with van der Waals surface area (Å²) in [5.41, 5.74) is 3.05. The zero-order valence-electron chi connectivity index (χ0n) is 15.5. The van der Waals surface area contributed by atoms with Crippen LogP contribution >= 0.6 is 0 Å². The molecule has 0 aromatic heterocycles. The number of rotatable bonds is 5. The molecule has 1 fully saturated rings. The molecule has 1 aliphatic heterocycles. The fraction of sp³-hybridized carbons (Fsp3) is 0.381. The molecule has 1 aliphatic rings. The molecule has 1 saturated heterocycles. The van der Waals surface area contributed by atoms with Crippen molar-refractivity contribution in [2.75, 3.05) is 44.7 Å². The van der Waals surface area contributed by atoms with E-state index in [-0.39, 0.29) is 11.7 Å². The molecule has 0 N–H and O–H groups in total. The van der Waals surface area contributed by atoms with Gasteiger partial charge in [-0.15, -0.1) is 0 Å². The Kier molecular flexibility index (Phi) is 5.89. The van der Waals surface area contributed by atoms with Crippen LogP contribution in [0.5, 0.6) is 0 Å². The van der Waals surface area contributed by atoms with Gasteiger partial charge in [-0.3, -0.25) is 9.69 Å². The first-order valence-electron chi connectivity index (χ1n) is 9.04. The highest BCUT2D eigenvalue weighted by Gasteiger charge is 2.21. The predicted octanol–water partition coefficient (Wildman–Crippen LogP) is 2.91. The molecular formula is C21H26FN3O. The van der Waals surface area contributed by atoms with Crippen LogP contribution in [0.4, 0.5) is 10.1 Å². The Balaban J connectivity index is 1.49. The van der Waals surface area contributed by atoms with Gasteiger partial charge in [0.15, 0.2) is 0 Å². The predicted molar refractivity (Wildman–Crippen MR) is 103 cm³/mol. The van der Waals surface area contributed by atoms with E-state index in [2.05, 4.69) is 41.0 Å². The minimum atomic E-state index is -0.265. The lowest BCUT2D eigenvalue weighted by Crippen LogP contribution is -2.49. The van der Waals surface area contributed by atoms with Gasteiger partial charge in [0.25, 0.3) is 0 Å². The average Bonchev–Trinajstić information content (AvgIpc) is 2.64. The first-order valence-corrected chi connectivity index (χ1v) is 9.04. The number of nitrogens with zero attached hydrogens (tertiary/aromatic N) is 3. The molecule has 3 rings (SSSR count). The molecule has 1 heterocycles. The highest BCUT2D eigenvalue weighted by atomic mass is 19.1. The van der Waals surface area contributed by atoms with Gasteiger partial charge >= 0.3 is 0 Å². The molecule has 4 nitrogen and oxygen atoms in total. The van der Waals surface area contributed by atoms with Crippen molar-refractivity contribution in [1.29, 1.82) is 0 Å². The molecule has 2 aromatic rings. The minimum Gasteiger partial charge on any atom is -0.369 e. The quantitative estimate of drug-likeness (QED) is 0.825. The number of aryl methyl sites for hydroxylation is 1. The van der Waals surface area contributed by atoms with Gasteiger partial charge in [-0.05, 0) is 30.7 Å². The highest BCUT2D eigenvalue weighted by Crippen LogP contribution is 2.18. The molecule has 26 heavy (non-hydrogen) atoms. The topological polar surface area (TPSA) is 26.8 Å². The Hall–Kier alpha value is -2.40. The van der Waals surface area contributed by atoms with Gasteiger partial charge in [0.05, 0.1) is 6.54 Å². The van der Waals surface area contributed by atoms with Gasteiger partial charge in [-0.2, -0.15) is 0 Å². The lowest BCUT2D eigenvalue weighted by Gasteiger charge is -2.36. The smallest absolute Gasteiger partial charge is 0.236 e. The summed E-state index contributed by atoms with van der Waals surface area (Å²) in [7, 11) is 1.73. The van der Waals surface area contributed by atoms with Crippen molar-refractivity contribution in [3.63, 3.8) is 0 Å². The molecule has 0 bridgehead atoms. The number of amides is 1. The number of hydrogen-bond donors (Lipinski definition) is 0. The Bertz CT molecular complexity index is 756. The summed E-state index contributed by atoms with van der Waals surface area (Å²) >= 11 is 0. The van der Waals surface area contributed by atoms with E-state index in [0.29, 0.717) is 18.7 Å². The van der Waals surface area contributed by atoms with Gasteiger partial charge in [0.2, 0.25) is 5.91 Å². The second-order valence-electron chi connectivity index (χ2n) is 6.94. The summed E-state index contributed by atoms with van der Waals surface area (Å²) < 4.78 is 13.8. The summed E-state index contributed by atoms with van der Waals surface area (Å²) in [6.07, 6.45) is 0. The summed E-state index contributed by atoms with van der Waals surface area (Å²) in [5, 5.41) is 0. The average molecular weight is 355 g/mol. The molecule has 0 saturated carbocycles. The Morgan fingerprint density at radius 3 is 2.50 bits per heavy atom. The third kappa shape index (κ3) is 4.61. The number of piperazine rings is 1. The van der Waals surface area contributed by atoms with Crippen LogP contribution in [0.25, 0.3) is 0 Å². The van der Waals surface area contributed by atoms with E-state index in [1.807, 2.05) is 0 Å². The number of halogens is 1. The van der Waals surface area contributed by atoms with Gasteiger partial charge in [0, 0.05) is 51.0 Å². The van der Waals surface area contributed by atoms with Crippen LogP contribution in [0.2, 0.25) is 0 Å². The lowest BCUT2D eigenvalue weighted by molar-refractivity contribution is -0.131. The molecule has 2 aromatic carbocycles. The van der Waals surface area contributed by atoms with Gasteiger partial charge in [-0.1, -0.05) is 30.3 Å². The molecule has 0 spiro atoms. The zero-order valence-corrected chi connectivity index (χ0v) is 15.5. The lowest BCUT2D eigenvalue weighted by atomic mass is 10.2. The van der Waals surface area contributed by atoms with Crippen LogP contribution in [0.1, 0.15) is 11.1 Å². The number of carbonyl (C=O) groups is 1. The number of benzene rings is 2. The summed E-state index contributed by atoms with van der Waals surface area (Å²) in [5.74, 6) is -0.240. The zero-order chi connectivity index (χ0) is 18.5. The first kappa shape index (κ1) is 18.4. The third-order valence-corrected chi connectivity index (χ3v) is 4.89. The number of anilines is 1. The summed E-state index contributed by atoms with van der Waals surface area (Å²) in [4.78, 5) is 18.6. The summed E-state index contributed by atoms with van der Waals surface area (Å²) in [6.45, 7) is 6.31. The number of carbonyl (C=O) groups excluding carboxylic acids is 1. The highest BCUT2D eigenvalue weighted by molar-refractivity contribution is 5.78. The SMILES string of the molecule is Cc1cccc(N2CCN(CC(=O)N(C)Cc3ccccc3F)CC2)c1. The standard InChI is InChI=1S/C21H26FN3O/c1-17-6-5-8-19(14-17)25-12-10-24(11-13-25)16-21(26)23(2)15-18-7-3-4-9-20(18)22/h3-9,14H,10-13,15-16H2,1-2H3. The molecule has 0 aliphatic carbocycles. The molecule has 0 unspecified atom stereocenters. The van der Waals surface area contributed by atoms with Crippen LogP contribution < -0.4 is 4.90 Å². The maximum Gasteiger partial charge on any atom is 0.236 e. The van der Waals surface area contributed by atoms with E-state index in [9.17, 15) is 9.18 Å². The summed E-state index contributed by atoms with van der Waals surface area (Å²) in [6, 6.07) is 15.1. The van der Waals surface area contributed by atoms with Crippen LogP contribution in [0.3, 0.4) is 0 Å². The maximum absolute atomic E-state index is 13.8. The Morgan fingerprint density at radius 2 is 1.81 bits per heavy atom. The number of hydrogen-bond acceptors (Lipinski definition) is 3. The van der Waals surface area contributed by atoms with Crippen LogP contribution in [0.15, 0.2) is 48.5 Å². The largest absolute Gasteiger partial charge is 0.369 e. The fourth-order valence-electron chi connectivity index (χ4n) is 3.27.